The Morgan fingerprint density at radius 2 is 1.81 bits per heavy atom. The number of sulfonamides is 1. The number of anilines is 1. The molecule has 3 rings (SSSR count). The highest BCUT2D eigenvalue weighted by molar-refractivity contribution is 7.89. The Hall–Kier alpha value is -2.98. The Morgan fingerprint density at radius 3 is 2.48 bits per heavy atom. The van der Waals surface area contributed by atoms with Crippen molar-refractivity contribution < 1.29 is 27.5 Å². The van der Waals surface area contributed by atoms with Crippen molar-refractivity contribution in [3.8, 4) is 5.88 Å². The summed E-state index contributed by atoms with van der Waals surface area (Å²) in [7, 11) is -3.53. The van der Waals surface area contributed by atoms with Crippen molar-refractivity contribution in [1.82, 2.24) is 9.29 Å². The molecule has 1 aliphatic rings. The van der Waals surface area contributed by atoms with Crippen LogP contribution in [0.25, 0.3) is 0 Å². The summed E-state index contributed by atoms with van der Waals surface area (Å²) in [6.45, 7) is 2.64. The minimum atomic E-state index is -3.53. The predicted octanol–water partition coefficient (Wildman–Crippen LogP) is 2.45. The first kappa shape index (κ1) is 22.7. The molecule has 2 heterocycles. The zero-order chi connectivity index (χ0) is 22.3. The monoisotopic (exact) mass is 447 g/mol. The van der Waals surface area contributed by atoms with Gasteiger partial charge < -0.3 is 14.8 Å². The van der Waals surface area contributed by atoms with Crippen LogP contribution in [0.1, 0.15) is 36.5 Å². The molecule has 0 atom stereocenters. The van der Waals surface area contributed by atoms with Crippen LogP contribution in [0.4, 0.5) is 5.69 Å². The maximum atomic E-state index is 12.7. The Labute approximate surface area is 181 Å². The lowest BCUT2D eigenvalue weighted by molar-refractivity contribution is -0.119. The highest BCUT2D eigenvalue weighted by Crippen LogP contribution is 2.22. The van der Waals surface area contributed by atoms with Gasteiger partial charge in [0, 0.05) is 25.0 Å². The Balaban J connectivity index is 1.56. The molecule has 10 heteroatoms. The Kier molecular flexibility index (Phi) is 7.59. The van der Waals surface area contributed by atoms with Crippen molar-refractivity contribution in [2.75, 3.05) is 31.6 Å². The predicted molar refractivity (Wildman–Crippen MR) is 113 cm³/mol. The molecule has 166 valence electrons. The van der Waals surface area contributed by atoms with Crippen LogP contribution < -0.4 is 10.1 Å². The summed E-state index contributed by atoms with van der Waals surface area (Å²) < 4.78 is 37.1. The topological polar surface area (TPSA) is 115 Å². The second kappa shape index (κ2) is 10.4. The number of hydrogen-bond donors (Lipinski definition) is 1. The van der Waals surface area contributed by atoms with Crippen LogP contribution in [-0.4, -0.2) is 55.9 Å². The van der Waals surface area contributed by atoms with Crippen LogP contribution in [0.3, 0.4) is 0 Å². The molecule has 9 nitrogen and oxygen atoms in total. The molecular formula is C21H25N3O6S. The van der Waals surface area contributed by atoms with Crippen LogP contribution >= 0.6 is 0 Å². The summed E-state index contributed by atoms with van der Waals surface area (Å²) in [5.41, 5.74) is 0.527. The summed E-state index contributed by atoms with van der Waals surface area (Å²) in [5, 5.41) is 2.58. The molecule has 1 N–H and O–H groups in total. The van der Waals surface area contributed by atoms with Gasteiger partial charge in [0.15, 0.2) is 6.61 Å². The summed E-state index contributed by atoms with van der Waals surface area (Å²) in [6.07, 6.45) is 4.24. The van der Waals surface area contributed by atoms with E-state index in [9.17, 15) is 18.0 Å². The van der Waals surface area contributed by atoms with Crippen molar-refractivity contribution in [2.24, 2.45) is 0 Å². The summed E-state index contributed by atoms with van der Waals surface area (Å²) >= 11 is 0. The molecule has 2 aromatic rings. The first-order chi connectivity index (χ1) is 14.9. The fourth-order valence-corrected chi connectivity index (χ4v) is 4.69. The van der Waals surface area contributed by atoms with Gasteiger partial charge in [0.1, 0.15) is 5.56 Å². The molecule has 1 aromatic heterocycles. The summed E-state index contributed by atoms with van der Waals surface area (Å²) in [5.74, 6) is -1.14. The van der Waals surface area contributed by atoms with E-state index in [2.05, 4.69) is 10.3 Å². The Bertz CT molecular complexity index is 1020. The van der Waals surface area contributed by atoms with E-state index in [1.54, 1.807) is 13.0 Å². The number of pyridine rings is 1. The zero-order valence-electron chi connectivity index (χ0n) is 17.2. The smallest absolute Gasteiger partial charge is 0.344 e. The van der Waals surface area contributed by atoms with E-state index in [-0.39, 0.29) is 16.3 Å². The molecule has 0 spiro atoms. The number of carbonyl (C=O) groups is 2. The van der Waals surface area contributed by atoms with E-state index in [0.717, 1.165) is 19.3 Å². The molecule has 1 aliphatic heterocycles. The van der Waals surface area contributed by atoms with Gasteiger partial charge in [-0.1, -0.05) is 6.42 Å². The van der Waals surface area contributed by atoms with Crippen molar-refractivity contribution >= 4 is 27.6 Å². The zero-order valence-corrected chi connectivity index (χ0v) is 18.1. The average molecular weight is 448 g/mol. The number of aromatic nitrogens is 1. The Morgan fingerprint density at radius 1 is 1.10 bits per heavy atom. The van der Waals surface area contributed by atoms with E-state index in [0.29, 0.717) is 25.4 Å². The number of amides is 1. The van der Waals surface area contributed by atoms with Crippen LogP contribution in [0.15, 0.2) is 47.5 Å². The number of carbonyl (C=O) groups excluding carboxylic acids is 2. The van der Waals surface area contributed by atoms with E-state index < -0.39 is 28.5 Å². The molecule has 1 saturated heterocycles. The number of piperidine rings is 1. The van der Waals surface area contributed by atoms with E-state index in [1.165, 1.54) is 40.8 Å². The van der Waals surface area contributed by atoms with Gasteiger partial charge in [-0.25, -0.2) is 18.2 Å². The second-order valence-electron chi connectivity index (χ2n) is 6.90. The molecule has 0 radical (unpaired) electrons. The third kappa shape index (κ3) is 5.80. The fourth-order valence-electron chi connectivity index (χ4n) is 3.17. The quantitative estimate of drug-likeness (QED) is 0.618. The molecular weight excluding hydrogens is 422 g/mol. The van der Waals surface area contributed by atoms with Crippen LogP contribution in [0.2, 0.25) is 0 Å². The van der Waals surface area contributed by atoms with Gasteiger partial charge in [0.2, 0.25) is 15.9 Å². The van der Waals surface area contributed by atoms with Crippen molar-refractivity contribution in [1.29, 1.82) is 0 Å². The first-order valence-corrected chi connectivity index (χ1v) is 11.5. The summed E-state index contributed by atoms with van der Waals surface area (Å²) in [6, 6.07) is 8.99. The summed E-state index contributed by atoms with van der Waals surface area (Å²) in [4.78, 5) is 28.5. The van der Waals surface area contributed by atoms with Crippen LogP contribution in [0, 0.1) is 0 Å². The minimum absolute atomic E-state index is 0.129. The van der Waals surface area contributed by atoms with Gasteiger partial charge in [0.25, 0.3) is 5.91 Å². The molecule has 1 fully saturated rings. The average Bonchev–Trinajstić information content (AvgIpc) is 2.79. The molecule has 1 amide bonds. The lowest BCUT2D eigenvalue weighted by Crippen LogP contribution is -2.35. The molecule has 1 aromatic carbocycles. The fraction of sp³-hybridized carbons (Fsp3) is 0.381. The largest absolute Gasteiger partial charge is 0.477 e. The van der Waals surface area contributed by atoms with Gasteiger partial charge in [-0.15, -0.1) is 0 Å². The first-order valence-electron chi connectivity index (χ1n) is 10.1. The maximum absolute atomic E-state index is 12.7. The standard InChI is InChI=1S/C21H25N3O6S/c1-2-29-20-18(7-6-12-22-20)21(26)30-15-19(25)23-16-8-10-17(11-9-16)31(27,28)24-13-4-3-5-14-24/h6-12H,2-5,13-15H2,1H3,(H,23,25). The molecule has 0 aliphatic carbocycles. The number of esters is 1. The van der Waals surface area contributed by atoms with Crippen molar-refractivity contribution in [2.45, 2.75) is 31.1 Å². The second-order valence-corrected chi connectivity index (χ2v) is 8.84. The third-order valence-electron chi connectivity index (χ3n) is 4.70. The van der Waals surface area contributed by atoms with Crippen molar-refractivity contribution in [3.63, 3.8) is 0 Å². The molecule has 31 heavy (non-hydrogen) atoms. The lowest BCUT2D eigenvalue weighted by Gasteiger charge is -2.25. The van der Waals surface area contributed by atoms with Gasteiger partial charge >= 0.3 is 5.97 Å². The number of hydrogen-bond acceptors (Lipinski definition) is 7. The van der Waals surface area contributed by atoms with Gasteiger partial charge in [-0.05, 0) is 56.2 Å². The highest BCUT2D eigenvalue weighted by atomic mass is 32.2. The van der Waals surface area contributed by atoms with Crippen molar-refractivity contribution in [3.05, 3.63) is 48.2 Å². The van der Waals surface area contributed by atoms with E-state index in [1.807, 2.05) is 0 Å². The van der Waals surface area contributed by atoms with E-state index in [4.69, 9.17) is 9.47 Å². The number of nitrogens with zero attached hydrogens (tertiary/aromatic N) is 2. The number of ether oxygens (including phenoxy) is 2. The lowest BCUT2D eigenvalue weighted by atomic mass is 10.2. The number of nitrogens with one attached hydrogen (secondary N) is 1. The normalized spacial score (nSPS) is 14.6. The highest BCUT2D eigenvalue weighted by Gasteiger charge is 2.25. The van der Waals surface area contributed by atoms with Crippen LogP contribution in [-0.2, 0) is 19.6 Å². The van der Waals surface area contributed by atoms with E-state index >= 15 is 0 Å². The molecule has 0 saturated carbocycles. The number of rotatable bonds is 8. The maximum Gasteiger partial charge on any atom is 0.344 e. The van der Waals surface area contributed by atoms with Gasteiger partial charge in [-0.2, -0.15) is 4.31 Å². The third-order valence-corrected chi connectivity index (χ3v) is 6.61. The SMILES string of the molecule is CCOc1ncccc1C(=O)OCC(=O)Nc1ccc(S(=O)(=O)N2CCCCC2)cc1. The van der Waals surface area contributed by atoms with Crippen LogP contribution in [0.5, 0.6) is 5.88 Å². The number of benzene rings is 1. The molecule has 0 bridgehead atoms. The van der Waals surface area contributed by atoms with Gasteiger partial charge in [-0.3, -0.25) is 4.79 Å². The minimum Gasteiger partial charge on any atom is -0.477 e. The van der Waals surface area contributed by atoms with Gasteiger partial charge in [0.05, 0.1) is 11.5 Å². The molecule has 0 unspecified atom stereocenters.